The summed E-state index contributed by atoms with van der Waals surface area (Å²) in [7, 11) is 1.60. The van der Waals surface area contributed by atoms with Crippen LogP contribution in [-0.4, -0.2) is 65.2 Å². The number of aromatic amines is 1. The Labute approximate surface area is 218 Å². The van der Waals surface area contributed by atoms with Crippen LogP contribution in [-0.2, 0) is 4.79 Å². The number of fused-ring (bicyclic) bond motifs is 1. The highest BCUT2D eigenvalue weighted by Gasteiger charge is 2.26. The van der Waals surface area contributed by atoms with Crippen molar-refractivity contribution in [1.82, 2.24) is 19.9 Å². The number of likely N-dealkylation sites (tertiary alicyclic amines) is 1. The molecule has 0 bridgehead atoms. The van der Waals surface area contributed by atoms with Crippen LogP contribution in [0.15, 0.2) is 67.4 Å². The summed E-state index contributed by atoms with van der Waals surface area (Å²) in [6.45, 7) is 5.23. The maximum Gasteiger partial charge on any atom is 0.247 e. The second-order valence-corrected chi connectivity index (χ2v) is 8.75. The van der Waals surface area contributed by atoms with Gasteiger partial charge < -0.3 is 30.4 Å². The van der Waals surface area contributed by atoms with Gasteiger partial charge in [0.1, 0.15) is 23.8 Å². The quantitative estimate of drug-likeness (QED) is 0.212. The molecule has 2 aromatic carbocycles. The fraction of sp³-hybridized carbons (Fsp3) is 0.222. The summed E-state index contributed by atoms with van der Waals surface area (Å²) >= 11 is 0. The SMILES string of the molecule is C=CC(=O)Nc1cccc(Oc2nc(Nc3ccc(NC4CN(CCF)C4)cc3OC)nc3[nH]ccc23)c1. The van der Waals surface area contributed by atoms with Crippen molar-refractivity contribution in [1.29, 1.82) is 0 Å². The summed E-state index contributed by atoms with van der Waals surface area (Å²) < 4.78 is 24.2. The first-order valence-electron chi connectivity index (χ1n) is 12.1. The summed E-state index contributed by atoms with van der Waals surface area (Å²) in [5.74, 6) is 1.44. The number of methoxy groups -OCH3 is 1. The molecule has 0 radical (unpaired) electrons. The van der Waals surface area contributed by atoms with E-state index in [1.165, 1.54) is 6.08 Å². The van der Waals surface area contributed by atoms with E-state index in [0.717, 1.165) is 18.8 Å². The lowest BCUT2D eigenvalue weighted by atomic mass is 10.1. The third kappa shape index (κ3) is 5.68. The third-order valence-electron chi connectivity index (χ3n) is 6.06. The molecule has 0 atom stereocenters. The number of H-pyrrole nitrogens is 1. The molecule has 0 aliphatic carbocycles. The van der Waals surface area contributed by atoms with Crippen LogP contribution in [0.25, 0.3) is 11.0 Å². The van der Waals surface area contributed by atoms with Crippen molar-refractivity contribution in [2.24, 2.45) is 0 Å². The third-order valence-corrected chi connectivity index (χ3v) is 6.06. The predicted molar refractivity (Wildman–Crippen MR) is 145 cm³/mol. The van der Waals surface area contributed by atoms with Crippen molar-refractivity contribution in [2.75, 3.05) is 49.4 Å². The smallest absolute Gasteiger partial charge is 0.247 e. The number of anilines is 4. The van der Waals surface area contributed by atoms with Gasteiger partial charge in [-0.2, -0.15) is 9.97 Å². The van der Waals surface area contributed by atoms with Crippen molar-refractivity contribution >= 4 is 40.0 Å². The first-order chi connectivity index (χ1) is 18.5. The van der Waals surface area contributed by atoms with Crippen LogP contribution in [0.5, 0.6) is 17.4 Å². The first kappa shape index (κ1) is 25.0. The number of halogens is 1. The summed E-state index contributed by atoms with van der Waals surface area (Å²) in [6, 6.07) is 14.8. The zero-order valence-corrected chi connectivity index (χ0v) is 20.8. The van der Waals surface area contributed by atoms with Gasteiger partial charge in [-0.15, -0.1) is 0 Å². The van der Waals surface area contributed by atoms with E-state index >= 15 is 0 Å². The molecule has 4 aromatic rings. The first-order valence-corrected chi connectivity index (χ1v) is 12.1. The van der Waals surface area contributed by atoms with Gasteiger partial charge in [0, 0.05) is 49.3 Å². The van der Waals surface area contributed by atoms with Gasteiger partial charge in [-0.1, -0.05) is 12.6 Å². The summed E-state index contributed by atoms with van der Waals surface area (Å²) in [5.41, 5.74) is 2.75. The Morgan fingerprint density at radius 1 is 1.21 bits per heavy atom. The number of nitrogens with zero attached hydrogens (tertiary/aromatic N) is 3. The number of aromatic nitrogens is 3. The minimum Gasteiger partial charge on any atom is -0.494 e. The summed E-state index contributed by atoms with van der Waals surface area (Å²) in [6.07, 6.45) is 2.96. The lowest BCUT2D eigenvalue weighted by Gasteiger charge is -2.39. The van der Waals surface area contributed by atoms with Crippen LogP contribution in [0.2, 0.25) is 0 Å². The van der Waals surface area contributed by atoms with E-state index in [-0.39, 0.29) is 18.6 Å². The minimum atomic E-state index is -0.329. The molecule has 10 nitrogen and oxygen atoms in total. The minimum absolute atomic E-state index is 0.270. The van der Waals surface area contributed by atoms with E-state index in [9.17, 15) is 9.18 Å². The number of benzene rings is 2. The van der Waals surface area contributed by atoms with Gasteiger partial charge in [-0.25, -0.2) is 4.39 Å². The maximum absolute atomic E-state index is 12.5. The molecule has 4 N–H and O–H groups in total. The Morgan fingerprint density at radius 3 is 2.87 bits per heavy atom. The monoisotopic (exact) mass is 517 g/mol. The van der Waals surface area contributed by atoms with E-state index in [1.807, 2.05) is 24.3 Å². The molecule has 1 saturated heterocycles. The zero-order chi connectivity index (χ0) is 26.5. The van der Waals surface area contributed by atoms with Crippen molar-refractivity contribution in [2.45, 2.75) is 6.04 Å². The number of carbonyl (C=O) groups is 1. The highest BCUT2D eigenvalue weighted by Crippen LogP contribution is 2.33. The second kappa shape index (κ2) is 11.2. The highest BCUT2D eigenvalue weighted by molar-refractivity contribution is 5.99. The normalized spacial score (nSPS) is 13.5. The van der Waals surface area contributed by atoms with E-state index < -0.39 is 0 Å². The molecule has 1 aliphatic rings. The average molecular weight is 518 g/mol. The van der Waals surface area contributed by atoms with Crippen LogP contribution in [0.3, 0.4) is 0 Å². The van der Waals surface area contributed by atoms with Gasteiger partial charge in [0.2, 0.25) is 17.7 Å². The molecular weight excluding hydrogens is 489 g/mol. The molecule has 196 valence electrons. The van der Waals surface area contributed by atoms with E-state index in [2.05, 4.69) is 42.4 Å². The van der Waals surface area contributed by atoms with Gasteiger partial charge in [0.15, 0.2) is 0 Å². The molecule has 1 fully saturated rings. The molecule has 11 heteroatoms. The van der Waals surface area contributed by atoms with E-state index in [1.54, 1.807) is 37.6 Å². The topological polar surface area (TPSA) is 116 Å². The van der Waals surface area contributed by atoms with Crippen molar-refractivity contribution in [3.63, 3.8) is 0 Å². The van der Waals surface area contributed by atoms with Crippen LogP contribution >= 0.6 is 0 Å². The lowest BCUT2D eigenvalue weighted by Crippen LogP contribution is -2.55. The number of alkyl halides is 1. The van der Waals surface area contributed by atoms with Crippen molar-refractivity contribution in [3.05, 3.63) is 67.4 Å². The Hall–Kier alpha value is -4.64. The lowest BCUT2D eigenvalue weighted by molar-refractivity contribution is -0.111. The highest BCUT2D eigenvalue weighted by atomic mass is 19.1. The van der Waals surface area contributed by atoms with Gasteiger partial charge in [-0.3, -0.25) is 9.69 Å². The average Bonchev–Trinajstić information content (AvgIpc) is 3.37. The number of hydrogen-bond donors (Lipinski definition) is 4. The molecule has 5 rings (SSSR count). The summed E-state index contributed by atoms with van der Waals surface area (Å²) in [4.78, 5) is 26.0. The van der Waals surface area contributed by atoms with Gasteiger partial charge in [0.05, 0.1) is 24.2 Å². The molecule has 2 aromatic heterocycles. The molecule has 0 unspecified atom stereocenters. The summed E-state index contributed by atoms with van der Waals surface area (Å²) in [5, 5.41) is 10.1. The number of hydrogen-bond acceptors (Lipinski definition) is 8. The van der Waals surface area contributed by atoms with Gasteiger partial charge in [-0.05, 0) is 36.4 Å². The largest absolute Gasteiger partial charge is 0.494 e. The van der Waals surface area contributed by atoms with Crippen molar-refractivity contribution in [3.8, 4) is 17.4 Å². The zero-order valence-electron chi connectivity index (χ0n) is 20.8. The molecular formula is C27H28FN7O3. The molecule has 38 heavy (non-hydrogen) atoms. The number of rotatable bonds is 11. The van der Waals surface area contributed by atoms with Gasteiger partial charge >= 0.3 is 0 Å². The number of amides is 1. The fourth-order valence-corrected chi connectivity index (χ4v) is 4.19. The molecule has 0 spiro atoms. The Kier molecular flexibility index (Phi) is 7.36. The molecule has 1 amide bonds. The predicted octanol–water partition coefficient (Wildman–Crippen LogP) is 4.69. The Bertz CT molecular complexity index is 1450. The number of carbonyl (C=O) groups excluding carboxylic acids is 1. The van der Waals surface area contributed by atoms with Crippen LogP contribution < -0.4 is 25.4 Å². The van der Waals surface area contributed by atoms with Crippen molar-refractivity contribution < 1.29 is 18.7 Å². The number of ether oxygens (including phenoxy) is 2. The van der Waals surface area contributed by atoms with E-state index in [4.69, 9.17) is 9.47 Å². The maximum atomic E-state index is 12.5. The van der Waals surface area contributed by atoms with Gasteiger partial charge in [0.25, 0.3) is 0 Å². The number of nitrogens with one attached hydrogen (secondary N) is 4. The fourth-order valence-electron chi connectivity index (χ4n) is 4.19. The molecule has 0 saturated carbocycles. The Morgan fingerprint density at radius 2 is 2.08 bits per heavy atom. The standard InChI is InChI=1S/C27H28FN7O3/c1-3-24(36)31-17-5-4-6-20(13-17)38-26-21-9-11-29-25(21)33-27(34-26)32-22-8-7-18(14-23(22)37-2)30-19-15-35(16-19)12-10-28/h3-9,11,13-14,19,30H,1,10,12,15-16H2,2H3,(H,31,36)(H2,29,32,33,34). The van der Waals surface area contributed by atoms with E-state index in [0.29, 0.717) is 52.3 Å². The van der Waals surface area contributed by atoms with Crippen LogP contribution in [0.4, 0.5) is 27.4 Å². The second-order valence-electron chi connectivity index (χ2n) is 8.75. The van der Waals surface area contributed by atoms with Crippen LogP contribution in [0, 0.1) is 0 Å². The molecule has 3 heterocycles. The van der Waals surface area contributed by atoms with Crippen LogP contribution in [0.1, 0.15) is 0 Å². The Balaban J connectivity index is 1.34. The molecule has 1 aliphatic heterocycles.